The largest absolute Gasteiger partial charge is 0.508 e. The number of hydrogen-bond donors (Lipinski definition) is 2. The Hall–Kier alpha value is -1.06. The van der Waals surface area contributed by atoms with E-state index >= 15 is 0 Å². The molecule has 144 valence electrons. The Bertz CT molecular complexity index is 642. The predicted octanol–water partition coefficient (Wildman–Crippen LogP) is 4.97. The van der Waals surface area contributed by atoms with Crippen molar-refractivity contribution in [2.75, 3.05) is 13.7 Å². The molecule has 2 N–H and O–H groups in total. The molecule has 2 fully saturated rings. The first-order chi connectivity index (χ1) is 12.5. The molecule has 4 rings (SSSR count). The zero-order valence-electron chi connectivity index (χ0n) is 16.3. The van der Waals surface area contributed by atoms with Gasteiger partial charge in [0.05, 0.1) is 6.10 Å². The van der Waals surface area contributed by atoms with Gasteiger partial charge in [-0.05, 0) is 97.3 Å². The van der Waals surface area contributed by atoms with E-state index in [0.717, 1.165) is 25.9 Å². The molecule has 0 bridgehead atoms. The Morgan fingerprint density at radius 1 is 1.15 bits per heavy atom. The van der Waals surface area contributed by atoms with E-state index in [0.29, 0.717) is 29.4 Å². The molecule has 0 heterocycles. The van der Waals surface area contributed by atoms with Crippen molar-refractivity contribution in [3.8, 4) is 5.75 Å². The second kappa shape index (κ2) is 7.16. The number of phenolic OH excluding ortho intramolecular Hbond substituents is 1. The van der Waals surface area contributed by atoms with Crippen molar-refractivity contribution in [3.05, 3.63) is 29.3 Å². The Morgan fingerprint density at radius 3 is 2.81 bits per heavy atom. The van der Waals surface area contributed by atoms with E-state index in [2.05, 4.69) is 13.0 Å². The number of aliphatic hydroxyl groups is 1. The molecule has 0 radical (unpaired) electrons. The summed E-state index contributed by atoms with van der Waals surface area (Å²) in [5.41, 5.74) is 3.00. The van der Waals surface area contributed by atoms with E-state index in [-0.39, 0.29) is 11.5 Å². The van der Waals surface area contributed by atoms with Crippen molar-refractivity contribution in [2.24, 2.45) is 17.3 Å². The average Bonchev–Trinajstić information content (AvgIpc) is 2.94. The Labute approximate surface area is 157 Å². The molecule has 3 heteroatoms. The van der Waals surface area contributed by atoms with E-state index in [1.807, 2.05) is 12.1 Å². The van der Waals surface area contributed by atoms with Gasteiger partial charge in [0.1, 0.15) is 5.75 Å². The van der Waals surface area contributed by atoms with E-state index in [9.17, 15) is 10.2 Å². The minimum absolute atomic E-state index is 0.116. The van der Waals surface area contributed by atoms with Crippen molar-refractivity contribution in [1.82, 2.24) is 0 Å². The first kappa shape index (κ1) is 18.3. The number of rotatable bonds is 5. The van der Waals surface area contributed by atoms with Crippen LogP contribution in [0.15, 0.2) is 18.2 Å². The maximum atomic E-state index is 10.6. The summed E-state index contributed by atoms with van der Waals surface area (Å²) in [4.78, 5) is 0. The molecule has 0 saturated heterocycles. The lowest BCUT2D eigenvalue weighted by atomic mass is 9.53. The Balaban J connectivity index is 1.62. The second-order valence-corrected chi connectivity index (χ2v) is 9.25. The third-order valence-corrected chi connectivity index (χ3v) is 8.00. The van der Waals surface area contributed by atoms with Crippen molar-refractivity contribution in [1.29, 1.82) is 0 Å². The number of aromatic hydroxyl groups is 1. The molecule has 1 aromatic rings. The fourth-order valence-corrected chi connectivity index (χ4v) is 6.59. The molecular weight excluding hydrogens is 324 g/mol. The van der Waals surface area contributed by atoms with Crippen LogP contribution in [0.2, 0.25) is 0 Å². The highest BCUT2D eigenvalue weighted by Gasteiger charge is 2.55. The van der Waals surface area contributed by atoms with Crippen LogP contribution >= 0.6 is 0 Å². The van der Waals surface area contributed by atoms with Gasteiger partial charge in [-0.3, -0.25) is 0 Å². The van der Waals surface area contributed by atoms with Crippen LogP contribution in [0.4, 0.5) is 0 Å². The van der Waals surface area contributed by atoms with Gasteiger partial charge in [0.15, 0.2) is 0 Å². The molecule has 0 aliphatic heterocycles. The second-order valence-electron chi connectivity index (χ2n) is 9.25. The van der Waals surface area contributed by atoms with E-state index < -0.39 is 0 Å². The van der Waals surface area contributed by atoms with Gasteiger partial charge >= 0.3 is 0 Å². The topological polar surface area (TPSA) is 49.7 Å². The molecule has 0 amide bonds. The summed E-state index contributed by atoms with van der Waals surface area (Å²) in [6, 6.07) is 6.10. The average molecular weight is 359 g/mol. The lowest BCUT2D eigenvalue weighted by Crippen LogP contribution is -2.44. The monoisotopic (exact) mass is 358 g/mol. The molecule has 2 saturated carbocycles. The summed E-state index contributed by atoms with van der Waals surface area (Å²) < 4.78 is 5.22. The zero-order valence-corrected chi connectivity index (χ0v) is 16.3. The minimum Gasteiger partial charge on any atom is -0.508 e. The maximum absolute atomic E-state index is 10.6. The van der Waals surface area contributed by atoms with Crippen molar-refractivity contribution in [3.63, 3.8) is 0 Å². The van der Waals surface area contributed by atoms with E-state index in [4.69, 9.17) is 4.74 Å². The van der Waals surface area contributed by atoms with Gasteiger partial charge in [-0.1, -0.05) is 19.4 Å². The molecule has 26 heavy (non-hydrogen) atoms. The van der Waals surface area contributed by atoms with Crippen LogP contribution in [0.3, 0.4) is 0 Å². The highest BCUT2D eigenvalue weighted by Crippen LogP contribution is 2.62. The Morgan fingerprint density at radius 2 is 2.00 bits per heavy atom. The fraction of sp³-hybridized carbons (Fsp3) is 0.739. The number of aliphatic hydroxyl groups excluding tert-OH is 1. The van der Waals surface area contributed by atoms with Gasteiger partial charge < -0.3 is 14.9 Å². The van der Waals surface area contributed by atoms with Gasteiger partial charge in [0.2, 0.25) is 0 Å². The zero-order chi connectivity index (χ0) is 18.3. The van der Waals surface area contributed by atoms with Crippen LogP contribution < -0.4 is 0 Å². The summed E-state index contributed by atoms with van der Waals surface area (Å²) >= 11 is 0. The number of unbranched alkanes of at least 4 members (excludes halogenated alkanes) is 1. The van der Waals surface area contributed by atoms with Crippen molar-refractivity contribution in [2.45, 2.75) is 76.2 Å². The van der Waals surface area contributed by atoms with Crippen LogP contribution in [0.1, 0.15) is 81.3 Å². The third kappa shape index (κ3) is 2.97. The van der Waals surface area contributed by atoms with Crippen LogP contribution in [0.25, 0.3) is 0 Å². The van der Waals surface area contributed by atoms with Crippen LogP contribution in [-0.4, -0.2) is 30.0 Å². The highest BCUT2D eigenvalue weighted by atomic mass is 16.5. The van der Waals surface area contributed by atoms with E-state index in [1.165, 1.54) is 43.2 Å². The standard InChI is InChI=1S/C23H34O3/c1-23-11-10-18-17-7-6-16(24)14-19(17)15(5-3-4-12-26-2)13-20(18)21(23)8-9-22(23)25/h6-7,14-15,18,20-22,24-25H,3-5,8-13H2,1-2H3/t15?,18-,20-,21+,22?,23+/m1/s1. The molecule has 0 spiro atoms. The summed E-state index contributed by atoms with van der Waals surface area (Å²) in [7, 11) is 1.77. The SMILES string of the molecule is COCCCCC1C[C@@H]2[C@H](CC[C@]3(C)C(O)CC[C@@H]23)c2ccc(O)cc21. The van der Waals surface area contributed by atoms with Crippen LogP contribution in [0, 0.1) is 17.3 Å². The number of methoxy groups -OCH3 is 1. The molecule has 3 aliphatic carbocycles. The van der Waals surface area contributed by atoms with Gasteiger partial charge in [-0.25, -0.2) is 0 Å². The Kier molecular flexibility index (Phi) is 5.04. The molecular formula is C23H34O3. The summed E-state index contributed by atoms with van der Waals surface area (Å²) in [5, 5.41) is 20.7. The van der Waals surface area contributed by atoms with E-state index in [1.54, 1.807) is 7.11 Å². The molecule has 3 nitrogen and oxygen atoms in total. The lowest BCUT2D eigenvalue weighted by Gasteiger charge is -2.51. The molecule has 1 aromatic carbocycles. The first-order valence-corrected chi connectivity index (χ1v) is 10.5. The number of benzene rings is 1. The normalized spacial score (nSPS) is 38.5. The van der Waals surface area contributed by atoms with Gasteiger partial charge in [0, 0.05) is 13.7 Å². The van der Waals surface area contributed by atoms with Crippen LogP contribution in [-0.2, 0) is 4.74 Å². The number of hydrogen-bond acceptors (Lipinski definition) is 3. The molecule has 6 atom stereocenters. The van der Waals surface area contributed by atoms with Gasteiger partial charge in [-0.15, -0.1) is 0 Å². The minimum atomic E-state index is -0.116. The van der Waals surface area contributed by atoms with Crippen molar-refractivity contribution >= 4 is 0 Å². The number of ether oxygens (including phenoxy) is 1. The van der Waals surface area contributed by atoms with Crippen LogP contribution in [0.5, 0.6) is 5.75 Å². The lowest BCUT2D eigenvalue weighted by molar-refractivity contribution is -0.0253. The molecule has 2 unspecified atom stereocenters. The van der Waals surface area contributed by atoms with Gasteiger partial charge in [0.25, 0.3) is 0 Å². The third-order valence-electron chi connectivity index (χ3n) is 8.00. The number of phenols is 1. The molecule has 0 aromatic heterocycles. The predicted molar refractivity (Wildman–Crippen MR) is 103 cm³/mol. The summed E-state index contributed by atoms with van der Waals surface area (Å²) in [6.45, 7) is 3.17. The quantitative estimate of drug-likeness (QED) is 0.731. The van der Waals surface area contributed by atoms with Crippen molar-refractivity contribution < 1.29 is 14.9 Å². The fourth-order valence-electron chi connectivity index (χ4n) is 6.59. The van der Waals surface area contributed by atoms with Gasteiger partial charge in [-0.2, -0.15) is 0 Å². The summed E-state index contributed by atoms with van der Waals surface area (Å²) in [6.07, 6.45) is 9.05. The summed E-state index contributed by atoms with van der Waals surface area (Å²) in [5.74, 6) is 2.90. The molecule has 3 aliphatic rings. The smallest absolute Gasteiger partial charge is 0.115 e. The highest BCUT2D eigenvalue weighted by molar-refractivity contribution is 5.42. The first-order valence-electron chi connectivity index (χ1n) is 10.5. The maximum Gasteiger partial charge on any atom is 0.115 e. The number of fused-ring (bicyclic) bond motifs is 5.